The fraction of sp³-hybridized carbons (Fsp3) is 0.800. The third kappa shape index (κ3) is 3.57. The lowest BCUT2D eigenvalue weighted by molar-refractivity contribution is 0.385. The van der Waals surface area contributed by atoms with E-state index in [0.29, 0.717) is 6.04 Å². The van der Waals surface area contributed by atoms with Crippen LogP contribution in [-0.2, 0) is 0 Å². The molecule has 1 heteroatoms. The number of likely N-dealkylation sites (N-methyl/N-ethyl adjacent to an activating group) is 1. The molecular weight excluding hydrogens is 134 g/mol. The Morgan fingerprint density at radius 2 is 2.09 bits per heavy atom. The first kappa shape index (κ1) is 10.7. The highest BCUT2D eigenvalue weighted by Crippen LogP contribution is 2.15. The van der Waals surface area contributed by atoms with Crippen molar-refractivity contribution in [3.8, 4) is 0 Å². The number of hydrogen-bond acceptors (Lipinski definition) is 1. The summed E-state index contributed by atoms with van der Waals surface area (Å²) in [5.41, 5.74) is 0. The Hall–Kier alpha value is -0.300. The van der Waals surface area contributed by atoms with Gasteiger partial charge >= 0.3 is 0 Å². The molecule has 1 N–H and O–H groups in total. The normalized spacial score (nSPS) is 15.9. The fourth-order valence-electron chi connectivity index (χ4n) is 1.55. The Morgan fingerprint density at radius 3 is 2.36 bits per heavy atom. The van der Waals surface area contributed by atoms with Crippen molar-refractivity contribution >= 4 is 0 Å². The molecule has 0 heterocycles. The summed E-state index contributed by atoms with van der Waals surface area (Å²) < 4.78 is 0. The summed E-state index contributed by atoms with van der Waals surface area (Å²) in [5, 5.41) is 3.27. The highest BCUT2D eigenvalue weighted by Gasteiger charge is 2.13. The highest BCUT2D eigenvalue weighted by atomic mass is 14.9. The monoisotopic (exact) mass is 155 g/mol. The molecule has 2 atom stereocenters. The van der Waals surface area contributed by atoms with Gasteiger partial charge in [0.15, 0.2) is 0 Å². The Bertz CT molecular complexity index is 99.0. The molecule has 0 aromatic rings. The third-order valence-corrected chi connectivity index (χ3v) is 2.28. The van der Waals surface area contributed by atoms with Crippen molar-refractivity contribution in [1.82, 2.24) is 5.32 Å². The molecule has 0 fully saturated rings. The van der Waals surface area contributed by atoms with E-state index in [9.17, 15) is 0 Å². The molecule has 0 rings (SSSR count). The molecular formula is C10H21N. The zero-order valence-corrected chi connectivity index (χ0v) is 8.06. The highest BCUT2D eigenvalue weighted by molar-refractivity contribution is 4.89. The molecule has 0 aliphatic heterocycles. The molecule has 0 radical (unpaired) electrons. The van der Waals surface area contributed by atoms with Crippen LogP contribution < -0.4 is 5.32 Å². The first-order valence-corrected chi connectivity index (χ1v) is 4.59. The standard InChI is InChI=1S/C10H21N/c1-5-8-9(6-2)10(7-3)11-4/h7,9-11H,3,5-6,8H2,1-2,4H3. The van der Waals surface area contributed by atoms with Crippen LogP contribution in [0.1, 0.15) is 33.1 Å². The van der Waals surface area contributed by atoms with Gasteiger partial charge in [-0.3, -0.25) is 0 Å². The predicted molar refractivity (Wildman–Crippen MR) is 51.7 cm³/mol. The molecule has 0 saturated carbocycles. The van der Waals surface area contributed by atoms with Gasteiger partial charge in [-0.2, -0.15) is 0 Å². The number of rotatable bonds is 6. The van der Waals surface area contributed by atoms with Gasteiger partial charge in [0, 0.05) is 6.04 Å². The first-order chi connectivity index (χ1) is 5.29. The SMILES string of the molecule is C=CC(NC)C(CC)CCC. The Balaban J connectivity index is 3.86. The molecule has 0 amide bonds. The van der Waals surface area contributed by atoms with Gasteiger partial charge in [-0.15, -0.1) is 6.58 Å². The summed E-state index contributed by atoms with van der Waals surface area (Å²) in [7, 11) is 2.00. The maximum atomic E-state index is 3.82. The van der Waals surface area contributed by atoms with E-state index in [0.717, 1.165) is 5.92 Å². The van der Waals surface area contributed by atoms with Crippen LogP contribution in [0.25, 0.3) is 0 Å². The lowest BCUT2D eigenvalue weighted by atomic mass is 9.92. The molecule has 0 aliphatic carbocycles. The minimum atomic E-state index is 0.500. The summed E-state index contributed by atoms with van der Waals surface area (Å²) in [6.07, 6.45) is 5.83. The van der Waals surface area contributed by atoms with Gasteiger partial charge in [0.05, 0.1) is 0 Å². The maximum absolute atomic E-state index is 3.82. The molecule has 0 saturated heterocycles. The van der Waals surface area contributed by atoms with Crippen molar-refractivity contribution in [1.29, 1.82) is 0 Å². The number of nitrogens with one attached hydrogen (secondary N) is 1. The van der Waals surface area contributed by atoms with Crippen molar-refractivity contribution in [2.45, 2.75) is 39.2 Å². The first-order valence-electron chi connectivity index (χ1n) is 4.59. The molecule has 0 aromatic heterocycles. The average molecular weight is 155 g/mol. The second-order valence-electron chi connectivity index (χ2n) is 3.01. The molecule has 2 unspecified atom stereocenters. The van der Waals surface area contributed by atoms with Crippen LogP contribution in [0.15, 0.2) is 12.7 Å². The van der Waals surface area contributed by atoms with Crippen molar-refractivity contribution in [2.75, 3.05) is 7.05 Å². The largest absolute Gasteiger partial charge is 0.313 e. The van der Waals surface area contributed by atoms with Gasteiger partial charge in [0.2, 0.25) is 0 Å². The maximum Gasteiger partial charge on any atom is 0.0272 e. The summed E-state index contributed by atoms with van der Waals surface area (Å²) in [6, 6.07) is 0.500. The van der Waals surface area contributed by atoms with Crippen molar-refractivity contribution in [3.63, 3.8) is 0 Å². The molecule has 0 aromatic carbocycles. The summed E-state index contributed by atoms with van der Waals surface area (Å²) in [4.78, 5) is 0. The Kier molecular flexibility index (Phi) is 6.24. The van der Waals surface area contributed by atoms with E-state index in [-0.39, 0.29) is 0 Å². The molecule has 0 bridgehead atoms. The average Bonchev–Trinajstić information content (AvgIpc) is 2.05. The van der Waals surface area contributed by atoms with Crippen LogP contribution in [0, 0.1) is 5.92 Å². The minimum absolute atomic E-state index is 0.500. The zero-order chi connectivity index (χ0) is 8.69. The van der Waals surface area contributed by atoms with Gasteiger partial charge < -0.3 is 5.32 Å². The van der Waals surface area contributed by atoms with E-state index in [1.54, 1.807) is 0 Å². The van der Waals surface area contributed by atoms with E-state index in [4.69, 9.17) is 0 Å². The topological polar surface area (TPSA) is 12.0 Å². The van der Waals surface area contributed by atoms with Crippen LogP contribution in [0.4, 0.5) is 0 Å². The van der Waals surface area contributed by atoms with Crippen LogP contribution in [0.2, 0.25) is 0 Å². The second kappa shape index (κ2) is 6.41. The summed E-state index contributed by atoms with van der Waals surface area (Å²) in [5.74, 6) is 0.766. The quantitative estimate of drug-likeness (QED) is 0.581. The third-order valence-electron chi connectivity index (χ3n) is 2.28. The van der Waals surface area contributed by atoms with Crippen molar-refractivity contribution < 1.29 is 0 Å². The van der Waals surface area contributed by atoms with Crippen LogP contribution in [-0.4, -0.2) is 13.1 Å². The summed E-state index contributed by atoms with van der Waals surface area (Å²) in [6.45, 7) is 8.30. The Morgan fingerprint density at radius 1 is 1.45 bits per heavy atom. The number of hydrogen-bond donors (Lipinski definition) is 1. The van der Waals surface area contributed by atoms with Crippen LogP contribution in [0.3, 0.4) is 0 Å². The van der Waals surface area contributed by atoms with E-state index in [2.05, 4.69) is 25.7 Å². The second-order valence-corrected chi connectivity index (χ2v) is 3.01. The molecule has 0 aliphatic rings. The van der Waals surface area contributed by atoms with Gasteiger partial charge in [0.1, 0.15) is 0 Å². The van der Waals surface area contributed by atoms with Gasteiger partial charge in [-0.25, -0.2) is 0 Å². The van der Waals surface area contributed by atoms with Gasteiger partial charge in [-0.1, -0.05) is 32.8 Å². The summed E-state index contributed by atoms with van der Waals surface area (Å²) >= 11 is 0. The van der Waals surface area contributed by atoms with E-state index >= 15 is 0 Å². The molecule has 1 nitrogen and oxygen atoms in total. The van der Waals surface area contributed by atoms with Gasteiger partial charge in [0.25, 0.3) is 0 Å². The lowest BCUT2D eigenvalue weighted by Crippen LogP contribution is -2.30. The minimum Gasteiger partial charge on any atom is -0.313 e. The lowest BCUT2D eigenvalue weighted by Gasteiger charge is -2.22. The predicted octanol–water partition coefficient (Wildman–Crippen LogP) is 2.59. The molecule has 0 spiro atoms. The Labute approximate surface area is 70.9 Å². The van der Waals surface area contributed by atoms with E-state index in [1.165, 1.54) is 19.3 Å². The van der Waals surface area contributed by atoms with Crippen molar-refractivity contribution in [3.05, 3.63) is 12.7 Å². The molecule has 66 valence electrons. The zero-order valence-electron chi connectivity index (χ0n) is 8.06. The van der Waals surface area contributed by atoms with Gasteiger partial charge in [-0.05, 0) is 19.4 Å². The van der Waals surface area contributed by atoms with E-state index < -0.39 is 0 Å². The van der Waals surface area contributed by atoms with Crippen LogP contribution in [0.5, 0.6) is 0 Å². The van der Waals surface area contributed by atoms with E-state index in [1.807, 2.05) is 13.1 Å². The smallest absolute Gasteiger partial charge is 0.0272 e. The fourth-order valence-corrected chi connectivity index (χ4v) is 1.55. The van der Waals surface area contributed by atoms with Crippen molar-refractivity contribution in [2.24, 2.45) is 5.92 Å². The van der Waals surface area contributed by atoms with Crippen LogP contribution >= 0.6 is 0 Å². The molecule has 11 heavy (non-hydrogen) atoms.